The summed E-state index contributed by atoms with van der Waals surface area (Å²) in [5, 5.41) is 5.44. The second kappa shape index (κ2) is 7.59. The van der Waals surface area contributed by atoms with Crippen molar-refractivity contribution >= 4 is 39.5 Å². The van der Waals surface area contributed by atoms with Gasteiger partial charge in [0.15, 0.2) is 16.7 Å². The highest BCUT2D eigenvalue weighted by Gasteiger charge is 2.32. The van der Waals surface area contributed by atoms with Gasteiger partial charge in [0, 0.05) is 11.5 Å². The molecule has 6 nitrogen and oxygen atoms in total. The Morgan fingerprint density at radius 3 is 2.63 bits per heavy atom. The van der Waals surface area contributed by atoms with Crippen molar-refractivity contribution in [2.24, 2.45) is 0 Å². The molecule has 0 bridgehead atoms. The number of hydrogen-bond donors (Lipinski definition) is 1. The van der Waals surface area contributed by atoms with Crippen LogP contribution in [0, 0.1) is 18.3 Å². The molecular weight excluding hydrogens is 398 g/mol. The minimum atomic E-state index is -0.634. The zero-order chi connectivity index (χ0) is 21.5. The normalized spacial score (nSPS) is 13.9. The fourth-order valence-corrected chi connectivity index (χ4v) is 4.34. The van der Waals surface area contributed by atoms with Crippen molar-refractivity contribution < 1.29 is 24.2 Å². The minimum absolute atomic E-state index is 0.114. The summed E-state index contributed by atoms with van der Waals surface area (Å²) < 4.78 is 7.07. The summed E-state index contributed by atoms with van der Waals surface area (Å²) in [4.78, 5) is 30.5. The van der Waals surface area contributed by atoms with Crippen molar-refractivity contribution in [3.05, 3.63) is 77.0 Å². The molecule has 1 aliphatic rings. The van der Waals surface area contributed by atoms with Crippen LogP contribution in [0.5, 0.6) is 0 Å². The zero-order valence-corrected chi connectivity index (χ0v) is 18.1. The summed E-state index contributed by atoms with van der Waals surface area (Å²) in [5.41, 5.74) is 2.09. The number of pyridine rings is 1. The van der Waals surface area contributed by atoms with Crippen LogP contribution in [0.4, 0.5) is 4.79 Å². The Morgan fingerprint density at radius 2 is 1.93 bits per heavy atom. The average molecular weight is 422 g/mol. The lowest BCUT2D eigenvalue weighted by molar-refractivity contribution is -0.581. The average Bonchev–Trinajstić information content (AvgIpc) is 3.29. The second-order valence-electron chi connectivity index (χ2n) is 8.06. The predicted octanol–water partition coefficient (Wildman–Crippen LogP) is 2.05. The summed E-state index contributed by atoms with van der Waals surface area (Å²) in [7, 11) is 0. The third-order valence-electron chi connectivity index (χ3n) is 4.72. The van der Waals surface area contributed by atoms with E-state index in [4.69, 9.17) is 4.74 Å². The first-order valence-electron chi connectivity index (χ1n) is 9.63. The van der Waals surface area contributed by atoms with E-state index in [1.165, 1.54) is 15.9 Å². The van der Waals surface area contributed by atoms with Crippen LogP contribution < -0.4 is 9.88 Å². The molecule has 30 heavy (non-hydrogen) atoms. The van der Waals surface area contributed by atoms with E-state index in [0.29, 0.717) is 22.8 Å². The molecule has 0 spiro atoms. The molecular formula is C23H23N3O3S. The van der Waals surface area contributed by atoms with E-state index >= 15 is 0 Å². The van der Waals surface area contributed by atoms with Crippen molar-refractivity contribution in [3.8, 4) is 0 Å². The van der Waals surface area contributed by atoms with Gasteiger partial charge in [0.2, 0.25) is 0 Å². The zero-order valence-electron chi connectivity index (χ0n) is 17.3. The van der Waals surface area contributed by atoms with Gasteiger partial charge < -0.3 is 19.8 Å². The second-order valence-corrected chi connectivity index (χ2v) is 8.97. The molecule has 0 saturated carbocycles. The van der Waals surface area contributed by atoms with Gasteiger partial charge in [0.05, 0.1) is 6.04 Å². The van der Waals surface area contributed by atoms with E-state index < -0.39 is 11.7 Å². The number of aromatic nitrogens is 2. The fraction of sp³-hybridized carbons (Fsp3) is 0.217. The van der Waals surface area contributed by atoms with Crippen molar-refractivity contribution in [2.45, 2.75) is 33.3 Å². The third kappa shape index (κ3) is 3.69. The molecule has 3 aromatic rings. The van der Waals surface area contributed by atoms with E-state index in [9.17, 15) is 9.59 Å². The van der Waals surface area contributed by atoms with E-state index in [0.717, 1.165) is 16.3 Å². The number of carbonyl (C=O) groups is 2. The number of para-hydroxylation sites is 1. The molecule has 2 N–H and O–H groups in total. The molecule has 0 unspecified atom stereocenters. The topological polar surface area (TPSA) is 76.8 Å². The number of ketones is 1. The molecule has 1 aromatic carbocycles. The quantitative estimate of drug-likeness (QED) is 0.231. The fourth-order valence-electron chi connectivity index (χ4n) is 3.46. The lowest BCUT2D eigenvalue weighted by Gasteiger charge is -2.20. The molecule has 0 atom stereocenters. The Bertz CT molecular complexity index is 1150. The molecule has 0 saturated heterocycles. The molecule has 4 rings (SSSR count). The van der Waals surface area contributed by atoms with Crippen molar-refractivity contribution in [1.29, 1.82) is 0 Å². The number of rotatable bonds is 3. The highest BCUT2D eigenvalue weighted by Crippen LogP contribution is 2.24. The van der Waals surface area contributed by atoms with Gasteiger partial charge in [0.25, 0.3) is 5.37 Å². The van der Waals surface area contributed by atoms with Crippen LogP contribution in [0.1, 0.15) is 42.4 Å². The Morgan fingerprint density at radius 1 is 1.17 bits per heavy atom. The lowest BCUT2D eigenvalue weighted by Crippen LogP contribution is -2.86. The molecule has 2 aromatic heterocycles. The predicted molar refractivity (Wildman–Crippen MR) is 116 cm³/mol. The number of nitrogens with two attached hydrogens (primary N) is 1. The van der Waals surface area contributed by atoms with E-state index in [1.54, 1.807) is 19.3 Å². The Labute approximate surface area is 179 Å². The number of carbonyl (C=O) groups excluding carboxylic acids is 2. The number of fused-ring (bicyclic) bond motifs is 1. The first-order valence-corrected chi connectivity index (χ1v) is 10.5. The highest BCUT2D eigenvalue weighted by molar-refractivity contribution is 7.81. The third-order valence-corrected chi connectivity index (χ3v) is 5.70. The maximum Gasteiger partial charge on any atom is 0.532 e. The van der Waals surface area contributed by atoms with Crippen LogP contribution in [0.15, 0.2) is 48.8 Å². The number of ether oxygens (including phenoxy) is 1. The van der Waals surface area contributed by atoms with Crippen LogP contribution in [-0.4, -0.2) is 27.8 Å². The van der Waals surface area contributed by atoms with Gasteiger partial charge in [-0.3, -0.25) is 0 Å². The SMILES string of the molecule is C[c-]1c(C(=O)[C-]2C=[S+][C-](c3cccnc3)[NH2+]2)c2ccccc2[n+]1C(=O)OC(C)(C)C. The van der Waals surface area contributed by atoms with E-state index in [-0.39, 0.29) is 5.78 Å². The first-order chi connectivity index (χ1) is 14.3. The minimum Gasteiger partial charge on any atom is -0.441 e. The largest absolute Gasteiger partial charge is 0.532 e. The Hall–Kier alpha value is -3.16. The monoisotopic (exact) mass is 421 g/mol. The smallest absolute Gasteiger partial charge is 0.441 e. The lowest BCUT2D eigenvalue weighted by atomic mass is 10.0. The number of hydrogen-bond acceptors (Lipinski definition) is 4. The molecule has 7 heteroatoms. The maximum absolute atomic E-state index is 13.5. The molecule has 0 amide bonds. The number of quaternary nitrogens is 1. The van der Waals surface area contributed by atoms with E-state index in [1.807, 2.05) is 67.9 Å². The molecule has 0 fully saturated rings. The number of nitrogens with zero attached hydrogens (tertiary/aromatic N) is 2. The summed E-state index contributed by atoms with van der Waals surface area (Å²) in [6, 6.07) is 11.8. The summed E-state index contributed by atoms with van der Waals surface area (Å²) in [5.74, 6) is -0.114. The molecule has 154 valence electrons. The van der Waals surface area contributed by atoms with Gasteiger partial charge >= 0.3 is 6.09 Å². The maximum atomic E-state index is 13.5. The van der Waals surface area contributed by atoms with Gasteiger partial charge in [-0.1, -0.05) is 24.4 Å². The standard InChI is InChI=1S/C23H23N3O3S/c1-14-19(20(27)17-13-30-21(25-17)15-8-7-11-24-12-15)16-9-5-6-10-18(16)26(14)22(28)29-23(2,3)4/h5-13H,25H2,1-4H3. The molecule has 1 aliphatic heterocycles. The summed E-state index contributed by atoms with van der Waals surface area (Å²) in [6.45, 7) is 7.25. The highest BCUT2D eigenvalue weighted by atomic mass is 32.1. The Balaban J connectivity index is 1.70. The summed E-state index contributed by atoms with van der Waals surface area (Å²) >= 11 is 1.50. The van der Waals surface area contributed by atoms with Gasteiger partial charge in [-0.05, 0) is 45.5 Å². The van der Waals surface area contributed by atoms with Crippen LogP contribution in [0.2, 0.25) is 0 Å². The molecule has 3 heterocycles. The van der Waals surface area contributed by atoms with Crippen molar-refractivity contribution in [3.63, 3.8) is 0 Å². The van der Waals surface area contributed by atoms with Crippen LogP contribution in [0.3, 0.4) is 0 Å². The van der Waals surface area contributed by atoms with Gasteiger partial charge in [-0.15, -0.1) is 17.5 Å². The van der Waals surface area contributed by atoms with Crippen molar-refractivity contribution in [1.82, 2.24) is 4.98 Å². The van der Waals surface area contributed by atoms with Crippen molar-refractivity contribution in [2.75, 3.05) is 0 Å². The van der Waals surface area contributed by atoms with Crippen LogP contribution >= 0.6 is 0 Å². The van der Waals surface area contributed by atoms with Gasteiger partial charge in [-0.2, -0.15) is 5.56 Å². The van der Waals surface area contributed by atoms with Gasteiger partial charge in [0.1, 0.15) is 11.1 Å². The Kier molecular flexibility index (Phi) is 5.09. The number of Topliss-reactive ketones (excluding diaryl/α,β-unsaturated/α-hetero) is 1. The molecule has 0 aliphatic carbocycles. The van der Waals surface area contributed by atoms with Gasteiger partial charge in [-0.25, -0.2) is 9.36 Å². The summed E-state index contributed by atoms with van der Waals surface area (Å²) in [6.07, 6.45) is 3.01. The molecule has 0 radical (unpaired) electrons. The van der Waals surface area contributed by atoms with Crippen LogP contribution in [0.25, 0.3) is 10.9 Å². The first kappa shape index (κ1) is 20.1. The number of benzene rings is 1. The van der Waals surface area contributed by atoms with E-state index in [2.05, 4.69) is 4.98 Å². The van der Waals surface area contributed by atoms with Crippen LogP contribution in [-0.2, 0) is 16.1 Å².